The fraction of sp³-hybridized carbons (Fsp3) is 0.273. The van der Waals surface area contributed by atoms with Crippen LogP contribution < -0.4 is 5.32 Å². The Kier molecular flexibility index (Phi) is 5.48. The lowest BCUT2D eigenvalue weighted by atomic mass is 10.0. The topological polar surface area (TPSA) is 50.2 Å². The van der Waals surface area contributed by atoms with Gasteiger partial charge < -0.3 is 5.32 Å². The molecule has 0 atom stereocenters. The summed E-state index contributed by atoms with van der Waals surface area (Å²) in [5.74, 6) is 0.396. The second kappa shape index (κ2) is 8.35. The minimum absolute atomic E-state index is 0.129. The second-order valence-electron chi connectivity index (χ2n) is 7.11. The molecule has 1 aromatic heterocycles. The maximum Gasteiger partial charge on any atom is 0.256 e. The fourth-order valence-electron chi connectivity index (χ4n) is 3.65. The van der Waals surface area contributed by atoms with E-state index in [1.165, 1.54) is 12.1 Å². The molecule has 1 fully saturated rings. The van der Waals surface area contributed by atoms with Gasteiger partial charge in [-0.2, -0.15) is 5.10 Å². The number of anilines is 1. The van der Waals surface area contributed by atoms with Crippen LogP contribution in [0.2, 0.25) is 0 Å². The Hall–Kier alpha value is -2.99. The second-order valence-corrected chi connectivity index (χ2v) is 7.11. The number of carbonyl (C=O) groups is 1. The third-order valence-electron chi connectivity index (χ3n) is 5.17. The zero-order valence-electron chi connectivity index (χ0n) is 15.6. The number of hydrogen-bond acceptors (Lipinski definition) is 3. The van der Waals surface area contributed by atoms with E-state index in [9.17, 15) is 9.18 Å². The van der Waals surface area contributed by atoms with Crippen LogP contribution in [0.4, 0.5) is 10.2 Å². The molecule has 0 unspecified atom stereocenters. The van der Waals surface area contributed by atoms with Crippen LogP contribution in [-0.2, 0) is 6.54 Å². The summed E-state index contributed by atoms with van der Waals surface area (Å²) in [6, 6.07) is 18.0. The van der Waals surface area contributed by atoms with E-state index in [2.05, 4.69) is 15.3 Å². The normalized spacial score (nSPS) is 15.5. The van der Waals surface area contributed by atoms with Gasteiger partial charge in [-0.05, 0) is 42.7 Å². The van der Waals surface area contributed by atoms with E-state index < -0.39 is 0 Å². The van der Waals surface area contributed by atoms with Crippen LogP contribution in [0, 0.1) is 5.82 Å². The van der Waals surface area contributed by atoms with Crippen LogP contribution >= 0.6 is 0 Å². The van der Waals surface area contributed by atoms with Crippen molar-refractivity contribution in [2.45, 2.75) is 25.4 Å². The van der Waals surface area contributed by atoms with Crippen LogP contribution in [0.3, 0.4) is 0 Å². The van der Waals surface area contributed by atoms with Crippen molar-refractivity contribution in [2.75, 3.05) is 18.4 Å². The molecule has 0 aliphatic carbocycles. The number of aromatic nitrogens is 2. The number of nitrogens with one attached hydrogen (secondary N) is 1. The van der Waals surface area contributed by atoms with Crippen LogP contribution in [0.25, 0.3) is 0 Å². The molecule has 5 nitrogen and oxygen atoms in total. The molecule has 2 aromatic carbocycles. The van der Waals surface area contributed by atoms with Gasteiger partial charge in [-0.25, -0.2) is 9.07 Å². The SMILES string of the molecule is O=C(Nc1ccnn1C1CCN(Cc2ccc(F)cc2)CC1)c1ccccc1. The molecule has 1 aliphatic heterocycles. The summed E-state index contributed by atoms with van der Waals surface area (Å²) >= 11 is 0. The van der Waals surface area contributed by atoms with Gasteiger partial charge in [-0.3, -0.25) is 9.69 Å². The first-order chi connectivity index (χ1) is 13.7. The summed E-state index contributed by atoms with van der Waals surface area (Å²) in [6.07, 6.45) is 3.64. The number of nitrogens with zero attached hydrogens (tertiary/aromatic N) is 3. The number of carbonyl (C=O) groups excluding carboxylic acids is 1. The molecule has 144 valence electrons. The van der Waals surface area contributed by atoms with E-state index in [4.69, 9.17) is 0 Å². The van der Waals surface area contributed by atoms with Gasteiger partial charge in [0.2, 0.25) is 0 Å². The molecule has 0 spiro atoms. The van der Waals surface area contributed by atoms with E-state index >= 15 is 0 Å². The average molecular weight is 378 g/mol. The molecule has 1 amide bonds. The fourth-order valence-corrected chi connectivity index (χ4v) is 3.65. The lowest BCUT2D eigenvalue weighted by Crippen LogP contribution is -2.35. The third-order valence-corrected chi connectivity index (χ3v) is 5.17. The van der Waals surface area contributed by atoms with Crippen LogP contribution in [-0.4, -0.2) is 33.7 Å². The third kappa shape index (κ3) is 4.28. The van der Waals surface area contributed by atoms with Crippen molar-refractivity contribution in [1.82, 2.24) is 14.7 Å². The molecule has 0 saturated carbocycles. The van der Waals surface area contributed by atoms with Crippen molar-refractivity contribution >= 4 is 11.7 Å². The Balaban J connectivity index is 1.36. The number of rotatable bonds is 5. The maximum atomic E-state index is 13.1. The standard InChI is InChI=1S/C22H23FN4O/c23-19-8-6-17(7-9-19)16-26-14-11-20(12-15-26)27-21(10-13-24-27)25-22(28)18-4-2-1-3-5-18/h1-10,13,20H,11-12,14-16H2,(H,25,28). The lowest BCUT2D eigenvalue weighted by molar-refractivity contribution is 0.102. The van der Waals surface area contributed by atoms with Gasteiger partial charge in [-0.1, -0.05) is 30.3 Å². The molecule has 2 heterocycles. The zero-order chi connectivity index (χ0) is 19.3. The number of likely N-dealkylation sites (tertiary alicyclic amines) is 1. The lowest BCUT2D eigenvalue weighted by Gasteiger charge is -2.32. The van der Waals surface area contributed by atoms with E-state index in [0.717, 1.165) is 43.9 Å². The van der Waals surface area contributed by atoms with Crippen molar-refractivity contribution < 1.29 is 9.18 Å². The average Bonchev–Trinajstić information content (AvgIpc) is 3.19. The van der Waals surface area contributed by atoms with Crippen LogP contribution in [0.5, 0.6) is 0 Å². The Labute approximate surface area is 163 Å². The Morgan fingerprint density at radius 2 is 1.75 bits per heavy atom. The maximum absolute atomic E-state index is 13.1. The van der Waals surface area contributed by atoms with E-state index in [-0.39, 0.29) is 17.8 Å². The molecular weight excluding hydrogens is 355 g/mol. The van der Waals surface area contributed by atoms with Gasteiger partial charge in [-0.15, -0.1) is 0 Å². The van der Waals surface area contributed by atoms with Gasteiger partial charge in [0.25, 0.3) is 5.91 Å². The number of piperidine rings is 1. The van der Waals surface area contributed by atoms with Gasteiger partial charge in [0.15, 0.2) is 0 Å². The summed E-state index contributed by atoms with van der Waals surface area (Å²) in [5, 5.41) is 7.42. The highest BCUT2D eigenvalue weighted by molar-refractivity contribution is 6.03. The van der Waals surface area contributed by atoms with Crippen molar-refractivity contribution in [3.63, 3.8) is 0 Å². The molecule has 6 heteroatoms. The number of hydrogen-bond donors (Lipinski definition) is 1. The summed E-state index contributed by atoms with van der Waals surface area (Å²) < 4.78 is 15.0. The van der Waals surface area contributed by atoms with Gasteiger partial charge >= 0.3 is 0 Å². The smallest absolute Gasteiger partial charge is 0.256 e. The first kappa shape index (κ1) is 18.4. The summed E-state index contributed by atoms with van der Waals surface area (Å²) in [4.78, 5) is 14.8. The summed E-state index contributed by atoms with van der Waals surface area (Å²) in [7, 11) is 0. The van der Waals surface area contributed by atoms with Crippen molar-refractivity contribution in [2.24, 2.45) is 0 Å². The number of halogens is 1. The molecule has 28 heavy (non-hydrogen) atoms. The molecule has 0 bridgehead atoms. The van der Waals surface area contributed by atoms with Gasteiger partial charge in [0.05, 0.1) is 12.2 Å². The predicted molar refractivity (Wildman–Crippen MR) is 107 cm³/mol. The highest BCUT2D eigenvalue weighted by atomic mass is 19.1. The quantitative estimate of drug-likeness (QED) is 0.727. The van der Waals surface area contributed by atoms with E-state index in [1.807, 2.05) is 41.1 Å². The number of amides is 1. The van der Waals surface area contributed by atoms with Crippen molar-refractivity contribution in [3.8, 4) is 0 Å². The molecular formula is C22H23FN4O. The molecule has 4 rings (SSSR count). The van der Waals surface area contributed by atoms with E-state index in [1.54, 1.807) is 18.3 Å². The van der Waals surface area contributed by atoms with Crippen LogP contribution in [0.1, 0.15) is 34.8 Å². The monoisotopic (exact) mass is 378 g/mol. The largest absolute Gasteiger partial charge is 0.307 e. The minimum Gasteiger partial charge on any atom is -0.307 e. The molecule has 0 radical (unpaired) electrons. The molecule has 1 aliphatic rings. The van der Waals surface area contributed by atoms with E-state index in [0.29, 0.717) is 5.56 Å². The summed E-state index contributed by atoms with van der Waals surface area (Å²) in [5.41, 5.74) is 1.75. The molecule has 1 saturated heterocycles. The Morgan fingerprint density at radius 1 is 1.04 bits per heavy atom. The predicted octanol–water partition coefficient (Wildman–Crippen LogP) is 4.11. The van der Waals surface area contributed by atoms with Crippen molar-refractivity contribution in [3.05, 3.63) is 83.8 Å². The van der Waals surface area contributed by atoms with Gasteiger partial charge in [0.1, 0.15) is 11.6 Å². The highest BCUT2D eigenvalue weighted by Gasteiger charge is 2.23. The number of benzene rings is 2. The molecule has 1 N–H and O–H groups in total. The van der Waals surface area contributed by atoms with Gasteiger partial charge in [0, 0.05) is 31.3 Å². The Morgan fingerprint density at radius 3 is 2.46 bits per heavy atom. The Bertz CT molecular complexity index is 915. The van der Waals surface area contributed by atoms with Crippen LogP contribution in [0.15, 0.2) is 66.9 Å². The van der Waals surface area contributed by atoms with Crippen molar-refractivity contribution in [1.29, 1.82) is 0 Å². The molecule has 3 aromatic rings. The minimum atomic E-state index is -0.203. The summed E-state index contributed by atoms with van der Waals surface area (Å²) in [6.45, 7) is 2.70. The first-order valence-corrected chi connectivity index (χ1v) is 9.56. The first-order valence-electron chi connectivity index (χ1n) is 9.56. The zero-order valence-corrected chi connectivity index (χ0v) is 15.6. The highest BCUT2D eigenvalue weighted by Crippen LogP contribution is 2.26.